The molecule has 0 saturated heterocycles. The zero-order valence-corrected chi connectivity index (χ0v) is 13.1. The van der Waals surface area contributed by atoms with Crippen molar-refractivity contribution >= 4 is 23.5 Å². The van der Waals surface area contributed by atoms with Gasteiger partial charge in [-0.15, -0.1) is 0 Å². The molecule has 0 aliphatic heterocycles. The smallest absolute Gasteiger partial charge is 0.229 e. The highest BCUT2D eigenvalue weighted by Crippen LogP contribution is 2.25. The molecule has 1 aromatic heterocycles. The second-order valence-corrected chi connectivity index (χ2v) is 5.88. The lowest BCUT2D eigenvalue weighted by Crippen LogP contribution is -2.27. The maximum Gasteiger partial charge on any atom is 0.229 e. The van der Waals surface area contributed by atoms with E-state index in [1.807, 2.05) is 0 Å². The van der Waals surface area contributed by atoms with Gasteiger partial charge in [-0.2, -0.15) is 15.0 Å². The van der Waals surface area contributed by atoms with Crippen LogP contribution in [0.4, 0.5) is 11.9 Å². The number of hydrogen-bond acceptors (Lipinski definition) is 5. The van der Waals surface area contributed by atoms with Crippen LogP contribution in [-0.4, -0.2) is 27.5 Å². The molecule has 0 amide bonds. The lowest BCUT2D eigenvalue weighted by atomic mass is 9.97. The molecule has 1 aromatic rings. The number of nitrogens with zero attached hydrogens (tertiary/aromatic N) is 3. The Morgan fingerprint density at radius 2 is 1.85 bits per heavy atom. The van der Waals surface area contributed by atoms with Gasteiger partial charge in [-0.1, -0.05) is 33.1 Å². The van der Waals surface area contributed by atoms with Crippen molar-refractivity contribution in [2.45, 2.75) is 58.4 Å². The van der Waals surface area contributed by atoms with Gasteiger partial charge in [0, 0.05) is 12.6 Å². The molecule has 1 fully saturated rings. The van der Waals surface area contributed by atoms with Gasteiger partial charge < -0.3 is 10.6 Å². The number of hydrogen-bond donors (Lipinski definition) is 2. The van der Waals surface area contributed by atoms with Crippen LogP contribution in [-0.2, 0) is 0 Å². The van der Waals surface area contributed by atoms with E-state index in [0.717, 1.165) is 13.0 Å². The largest absolute Gasteiger partial charge is 0.354 e. The topological polar surface area (TPSA) is 62.7 Å². The number of anilines is 2. The van der Waals surface area contributed by atoms with Crippen LogP contribution in [0.25, 0.3) is 0 Å². The molecular formula is C14H24ClN5. The Morgan fingerprint density at radius 1 is 1.10 bits per heavy atom. The Hall–Kier alpha value is -1.10. The summed E-state index contributed by atoms with van der Waals surface area (Å²) in [4.78, 5) is 12.7. The summed E-state index contributed by atoms with van der Waals surface area (Å²) in [5.41, 5.74) is 0. The van der Waals surface area contributed by atoms with E-state index >= 15 is 0 Å². The fraction of sp³-hybridized carbons (Fsp3) is 0.786. The van der Waals surface area contributed by atoms with Crippen LogP contribution in [0.15, 0.2) is 0 Å². The Morgan fingerprint density at radius 3 is 2.65 bits per heavy atom. The first-order valence-corrected chi connectivity index (χ1v) is 7.99. The lowest BCUT2D eigenvalue weighted by Gasteiger charge is -2.22. The average Bonchev–Trinajstić information content (AvgIpc) is 2.61. The van der Waals surface area contributed by atoms with Gasteiger partial charge in [-0.25, -0.2) is 0 Å². The zero-order chi connectivity index (χ0) is 14.4. The quantitative estimate of drug-likeness (QED) is 0.811. The van der Waals surface area contributed by atoms with Crippen LogP contribution in [0.3, 0.4) is 0 Å². The summed E-state index contributed by atoms with van der Waals surface area (Å²) in [6.45, 7) is 5.23. The molecule has 1 heterocycles. The first-order valence-electron chi connectivity index (χ1n) is 7.61. The van der Waals surface area contributed by atoms with E-state index < -0.39 is 0 Å². The molecule has 0 bridgehead atoms. The summed E-state index contributed by atoms with van der Waals surface area (Å²) < 4.78 is 0. The van der Waals surface area contributed by atoms with Crippen LogP contribution < -0.4 is 10.6 Å². The number of nitrogens with one attached hydrogen (secondary N) is 2. The van der Waals surface area contributed by atoms with Gasteiger partial charge in [0.1, 0.15) is 0 Å². The van der Waals surface area contributed by atoms with Gasteiger partial charge in [-0.3, -0.25) is 0 Å². The lowest BCUT2D eigenvalue weighted by molar-refractivity contribution is 0.454. The van der Waals surface area contributed by atoms with E-state index in [9.17, 15) is 0 Å². The van der Waals surface area contributed by atoms with Gasteiger partial charge in [0.05, 0.1) is 0 Å². The number of aromatic nitrogens is 3. The van der Waals surface area contributed by atoms with Crippen molar-refractivity contribution in [3.63, 3.8) is 0 Å². The maximum atomic E-state index is 5.97. The minimum absolute atomic E-state index is 0.238. The molecule has 2 unspecified atom stereocenters. The van der Waals surface area contributed by atoms with Crippen molar-refractivity contribution in [2.75, 3.05) is 17.2 Å². The van der Waals surface area contributed by atoms with Crippen LogP contribution in [0.2, 0.25) is 5.28 Å². The first kappa shape index (κ1) is 15.3. The van der Waals surface area contributed by atoms with E-state index in [-0.39, 0.29) is 5.28 Å². The molecule has 0 radical (unpaired) electrons. The van der Waals surface area contributed by atoms with Gasteiger partial charge in [0.25, 0.3) is 0 Å². The van der Waals surface area contributed by atoms with E-state index in [2.05, 4.69) is 39.4 Å². The van der Waals surface area contributed by atoms with Crippen LogP contribution in [0, 0.1) is 5.92 Å². The fourth-order valence-corrected chi connectivity index (χ4v) is 2.76. The molecule has 2 atom stereocenters. The molecule has 1 aliphatic rings. The summed E-state index contributed by atoms with van der Waals surface area (Å²) in [6.07, 6.45) is 7.36. The number of halogens is 1. The summed E-state index contributed by atoms with van der Waals surface area (Å²) in [5, 5.41) is 6.83. The second kappa shape index (κ2) is 7.62. The van der Waals surface area contributed by atoms with Crippen molar-refractivity contribution in [3.8, 4) is 0 Å². The predicted molar refractivity (Wildman–Crippen MR) is 83.3 cm³/mol. The monoisotopic (exact) mass is 297 g/mol. The number of rotatable bonds is 5. The molecule has 2 rings (SSSR count). The van der Waals surface area contributed by atoms with Crippen molar-refractivity contribution in [3.05, 3.63) is 5.28 Å². The van der Waals surface area contributed by atoms with Gasteiger partial charge in [0.15, 0.2) is 0 Å². The Labute approximate surface area is 126 Å². The molecule has 5 nitrogen and oxygen atoms in total. The molecule has 1 saturated carbocycles. The third-order valence-electron chi connectivity index (χ3n) is 3.82. The standard InChI is InChI=1S/C14H24ClN5/c1-3-9-16-13-18-12(15)19-14(20-13)17-11-8-6-4-5-7-10(11)2/h10-11H,3-9H2,1-2H3,(H2,16,17,18,19,20). The van der Waals surface area contributed by atoms with E-state index in [4.69, 9.17) is 11.6 Å². The highest BCUT2D eigenvalue weighted by atomic mass is 35.5. The summed E-state index contributed by atoms with van der Waals surface area (Å²) in [6, 6.07) is 0.426. The SMILES string of the molecule is CCCNc1nc(Cl)nc(NC2CCCCCC2C)n1. The Bertz CT molecular complexity index is 426. The fourth-order valence-electron chi connectivity index (χ4n) is 2.60. The molecule has 112 valence electrons. The molecule has 1 aliphatic carbocycles. The minimum Gasteiger partial charge on any atom is -0.354 e. The van der Waals surface area contributed by atoms with Gasteiger partial charge >= 0.3 is 0 Å². The van der Waals surface area contributed by atoms with Gasteiger partial charge in [-0.05, 0) is 36.8 Å². The third-order valence-corrected chi connectivity index (χ3v) is 3.99. The zero-order valence-electron chi connectivity index (χ0n) is 12.3. The molecule has 20 heavy (non-hydrogen) atoms. The van der Waals surface area contributed by atoms with Crippen molar-refractivity contribution in [1.29, 1.82) is 0 Å². The Balaban J connectivity index is 2.05. The molecule has 6 heteroatoms. The van der Waals surface area contributed by atoms with Gasteiger partial charge in [0.2, 0.25) is 17.2 Å². The van der Waals surface area contributed by atoms with E-state index in [1.54, 1.807) is 0 Å². The first-order chi connectivity index (χ1) is 9.69. The average molecular weight is 298 g/mol. The van der Waals surface area contributed by atoms with Crippen LogP contribution in [0.5, 0.6) is 0 Å². The molecular weight excluding hydrogens is 274 g/mol. The molecule has 2 N–H and O–H groups in total. The minimum atomic E-state index is 0.238. The Kier molecular flexibility index (Phi) is 5.83. The summed E-state index contributed by atoms with van der Waals surface area (Å²) in [5.74, 6) is 1.78. The predicted octanol–water partition coefficient (Wildman–Crippen LogP) is 3.73. The third kappa shape index (κ3) is 4.47. The van der Waals surface area contributed by atoms with Crippen molar-refractivity contribution in [1.82, 2.24) is 15.0 Å². The molecule has 0 spiro atoms. The van der Waals surface area contributed by atoms with Crippen LogP contribution in [0.1, 0.15) is 52.4 Å². The molecule has 0 aromatic carbocycles. The second-order valence-electron chi connectivity index (χ2n) is 5.54. The normalized spacial score (nSPS) is 23.1. The van der Waals surface area contributed by atoms with Crippen molar-refractivity contribution in [2.24, 2.45) is 5.92 Å². The highest BCUT2D eigenvalue weighted by molar-refractivity contribution is 6.28. The highest BCUT2D eigenvalue weighted by Gasteiger charge is 2.21. The van der Waals surface area contributed by atoms with Crippen molar-refractivity contribution < 1.29 is 0 Å². The van der Waals surface area contributed by atoms with Crippen LogP contribution >= 0.6 is 11.6 Å². The van der Waals surface area contributed by atoms with E-state index in [0.29, 0.717) is 23.9 Å². The summed E-state index contributed by atoms with van der Waals surface area (Å²) in [7, 11) is 0. The summed E-state index contributed by atoms with van der Waals surface area (Å²) >= 11 is 5.97. The maximum absolute atomic E-state index is 5.97. The van der Waals surface area contributed by atoms with E-state index in [1.165, 1.54) is 32.1 Å².